The largest absolute Gasteiger partial charge is 0.481 e. The van der Waals surface area contributed by atoms with Gasteiger partial charge in [-0.05, 0) is 78.8 Å². The zero-order valence-corrected chi connectivity index (χ0v) is 44.9. The van der Waals surface area contributed by atoms with Crippen molar-refractivity contribution in [2.45, 2.75) is 122 Å². The highest BCUT2D eigenvalue weighted by molar-refractivity contribution is 6.11. The van der Waals surface area contributed by atoms with Crippen LogP contribution in [-0.4, -0.2) is 140 Å². The molecule has 0 aliphatic carbocycles. The van der Waals surface area contributed by atoms with E-state index in [2.05, 4.69) is 62.7 Å². The molecule has 0 saturated carbocycles. The van der Waals surface area contributed by atoms with Gasteiger partial charge in [-0.15, -0.1) is 10.2 Å². The summed E-state index contributed by atoms with van der Waals surface area (Å²) in [5, 5.41) is 37.7. The summed E-state index contributed by atoms with van der Waals surface area (Å²) in [5.74, 6) is -5.91. The van der Waals surface area contributed by atoms with Crippen LogP contribution in [-0.2, 0) is 44.8 Å². The molecule has 0 radical (unpaired) electrons. The maximum atomic E-state index is 13.9. The highest BCUT2D eigenvalue weighted by atomic mass is 16.4. The number of carboxylic acids is 2. The van der Waals surface area contributed by atoms with Crippen molar-refractivity contribution in [2.75, 3.05) is 13.1 Å². The molecule has 0 unspecified atom stereocenters. The van der Waals surface area contributed by atoms with Gasteiger partial charge in [0.05, 0.1) is 36.0 Å². The van der Waals surface area contributed by atoms with Crippen molar-refractivity contribution < 1.29 is 58.2 Å². The number of carboxylic acid groups (broad SMARTS) is 2. The third kappa shape index (κ3) is 15.5. The highest BCUT2D eigenvalue weighted by Crippen LogP contribution is 2.29. The lowest BCUT2D eigenvalue weighted by Crippen LogP contribution is -2.56. The highest BCUT2D eigenvalue weighted by Gasteiger charge is 2.41. The van der Waals surface area contributed by atoms with Gasteiger partial charge in [-0.3, -0.25) is 38.4 Å². The average Bonchev–Trinajstić information content (AvgIpc) is 4.18. The van der Waals surface area contributed by atoms with Gasteiger partial charge in [-0.2, -0.15) is 0 Å². The molecule has 0 bridgehead atoms. The lowest BCUT2D eigenvalue weighted by molar-refractivity contribution is -0.142. The summed E-state index contributed by atoms with van der Waals surface area (Å²) < 4.78 is 0. The predicted molar refractivity (Wildman–Crippen MR) is 293 cm³/mol. The van der Waals surface area contributed by atoms with E-state index in [-0.39, 0.29) is 29.9 Å². The number of benzene rings is 4. The molecule has 20 heteroatoms. The number of rotatable bonds is 22. The number of hydrogen-bond donors (Lipinski definition) is 6. The molecule has 0 spiro atoms. The number of carbonyl (C=O) groups is 10. The molecule has 20 nitrogen and oxygen atoms in total. The summed E-state index contributed by atoms with van der Waals surface area (Å²) in [6, 6.07) is 25.9. The maximum Gasteiger partial charge on any atom is 0.305 e. The van der Waals surface area contributed by atoms with Gasteiger partial charge in [0.15, 0.2) is 0 Å². The van der Waals surface area contributed by atoms with Crippen molar-refractivity contribution in [3.05, 3.63) is 120 Å². The van der Waals surface area contributed by atoms with Crippen LogP contribution < -0.4 is 21.3 Å². The summed E-state index contributed by atoms with van der Waals surface area (Å²) in [7, 11) is 0. The van der Waals surface area contributed by atoms with Gasteiger partial charge in [0.1, 0.15) is 42.4 Å². The van der Waals surface area contributed by atoms with E-state index in [4.69, 9.17) is 10.2 Å². The maximum absolute atomic E-state index is 13.9. The topological polar surface area (TPSA) is 292 Å². The van der Waals surface area contributed by atoms with Gasteiger partial charge in [0.25, 0.3) is 11.8 Å². The monoisotopic (exact) mass is 1080 g/mol. The molecule has 6 amide bonds. The normalized spacial score (nSPS) is 16.4. The van der Waals surface area contributed by atoms with Crippen molar-refractivity contribution in [3.8, 4) is 22.4 Å². The average molecular weight is 1080 g/mol. The second-order valence-corrected chi connectivity index (χ2v) is 20.3. The number of aldehydes is 2. The van der Waals surface area contributed by atoms with Crippen LogP contribution in [0.5, 0.6) is 0 Å². The number of likely N-dealkylation sites (tertiary alicyclic amines) is 2. The third-order valence-electron chi connectivity index (χ3n) is 13.8. The lowest BCUT2D eigenvalue weighted by atomic mass is 9.98. The van der Waals surface area contributed by atoms with Crippen LogP contribution in [0.25, 0.3) is 33.3 Å². The van der Waals surface area contributed by atoms with Gasteiger partial charge in [0, 0.05) is 29.6 Å². The number of aromatic nitrogens is 2. The Labute approximate surface area is 458 Å². The molecule has 79 heavy (non-hydrogen) atoms. The first-order valence-electron chi connectivity index (χ1n) is 26.5. The molecule has 3 heterocycles. The lowest BCUT2D eigenvalue weighted by Gasteiger charge is -2.31. The number of carbonyl (C=O) groups excluding carboxylic acids is 8. The van der Waals surface area contributed by atoms with Crippen LogP contribution >= 0.6 is 0 Å². The van der Waals surface area contributed by atoms with Crippen LogP contribution in [0.4, 0.5) is 0 Å². The van der Waals surface area contributed by atoms with Crippen molar-refractivity contribution in [3.63, 3.8) is 0 Å². The second kappa shape index (κ2) is 28.1. The fraction of sp³-hybridized carbons (Fsp3) is 0.390. The quantitative estimate of drug-likeness (QED) is 0.0473. The smallest absolute Gasteiger partial charge is 0.305 e. The molecule has 6 atom stereocenters. The van der Waals surface area contributed by atoms with E-state index in [1.54, 1.807) is 50.2 Å². The first kappa shape index (κ1) is 59.6. The molecule has 4 aromatic carbocycles. The standard InChI is InChI=1S/C30H37N3O6.C29H31N5O6/c1-4-6-20-8-10-21(11-9-20)22-12-14-23(15-13-22)28(37)32-27(19(2)3)30(39)33-16-5-7-25(33)29(38)31-24(18-34)17-26(35)36;1-17(2)25(29(40)34-14-8-13-22(34)27(38)30-19(16-35)15-23(36)37)31-28(39)24-20-11-6-7-12-21(20)32-33-26(24)18-9-4-3-5-10-18/h8-15,18-19,24-25,27H,4-7,16-17H2,1-3H3,(H,31,38)(H,32,37)(H,35,36);3-7,9-12,16-17,19,22,25H,8,13-15H2,1-2H3,(H,30,38)(H,31,39)(H,36,37)/t24-,25-,27-;19-,22-,25-/m00/s1. The van der Waals surface area contributed by atoms with E-state index in [9.17, 15) is 47.9 Å². The van der Waals surface area contributed by atoms with E-state index in [0.717, 1.165) is 24.0 Å². The molecule has 2 fully saturated rings. The van der Waals surface area contributed by atoms with Crippen molar-refractivity contribution in [2.24, 2.45) is 11.8 Å². The minimum absolute atomic E-state index is 0.249. The molecular formula is C59H68N8O12. The summed E-state index contributed by atoms with van der Waals surface area (Å²) in [6.07, 6.45) is 3.62. The van der Waals surface area contributed by atoms with Gasteiger partial charge in [-0.25, -0.2) is 0 Å². The summed E-state index contributed by atoms with van der Waals surface area (Å²) in [4.78, 5) is 127. The van der Waals surface area contributed by atoms with Gasteiger partial charge in [0.2, 0.25) is 23.6 Å². The summed E-state index contributed by atoms with van der Waals surface area (Å²) >= 11 is 0. The van der Waals surface area contributed by atoms with E-state index in [0.29, 0.717) is 72.5 Å². The zero-order chi connectivity index (χ0) is 57.3. The molecular weight excluding hydrogens is 1010 g/mol. The predicted octanol–water partition coefficient (Wildman–Crippen LogP) is 5.41. The van der Waals surface area contributed by atoms with E-state index >= 15 is 0 Å². The Kier molecular flexibility index (Phi) is 21.2. The molecule has 416 valence electrons. The molecule has 6 N–H and O–H groups in total. The number of aryl methyl sites for hydroxylation is 1. The van der Waals surface area contributed by atoms with Gasteiger partial charge < -0.3 is 50.9 Å². The minimum atomic E-state index is -1.23. The Hall–Kier alpha value is -8.68. The van der Waals surface area contributed by atoms with E-state index in [1.165, 1.54) is 15.4 Å². The number of hydrogen-bond acceptors (Lipinski definition) is 12. The Morgan fingerprint density at radius 1 is 0.582 bits per heavy atom. The third-order valence-corrected chi connectivity index (χ3v) is 13.8. The van der Waals surface area contributed by atoms with Crippen molar-refractivity contribution in [1.29, 1.82) is 0 Å². The molecule has 7 rings (SSSR count). The van der Waals surface area contributed by atoms with Crippen LogP contribution in [0.3, 0.4) is 0 Å². The summed E-state index contributed by atoms with van der Waals surface area (Å²) in [6.45, 7) is 9.98. The van der Waals surface area contributed by atoms with Crippen molar-refractivity contribution >= 4 is 70.9 Å². The Morgan fingerprint density at radius 3 is 1.52 bits per heavy atom. The minimum Gasteiger partial charge on any atom is -0.481 e. The second-order valence-electron chi connectivity index (χ2n) is 20.3. The number of nitrogens with zero attached hydrogens (tertiary/aromatic N) is 4. The first-order valence-corrected chi connectivity index (χ1v) is 26.5. The van der Waals surface area contributed by atoms with E-state index < -0.39 is 90.6 Å². The van der Waals surface area contributed by atoms with Crippen molar-refractivity contribution in [1.82, 2.24) is 41.3 Å². The number of nitrogens with one attached hydrogen (secondary N) is 4. The molecule has 2 saturated heterocycles. The van der Waals surface area contributed by atoms with Crippen LogP contribution in [0.2, 0.25) is 0 Å². The van der Waals surface area contributed by atoms with Crippen LogP contribution in [0.1, 0.15) is 106 Å². The Bertz CT molecular complexity index is 3010. The number of aliphatic carboxylic acids is 2. The molecule has 2 aliphatic heterocycles. The van der Waals surface area contributed by atoms with Crippen LogP contribution in [0, 0.1) is 11.8 Å². The van der Waals surface area contributed by atoms with Gasteiger partial charge in [-0.1, -0.05) is 126 Å². The van der Waals surface area contributed by atoms with Crippen LogP contribution in [0.15, 0.2) is 103 Å². The Morgan fingerprint density at radius 2 is 1.05 bits per heavy atom. The molecule has 2 aliphatic rings. The fourth-order valence-electron chi connectivity index (χ4n) is 9.68. The van der Waals surface area contributed by atoms with Gasteiger partial charge >= 0.3 is 11.9 Å². The number of amides is 6. The SMILES string of the molecule is CC(C)[C@H](NC(=O)c1c(-c2ccccc2)nnc2ccccc12)C(=O)N1CCC[C@H]1C(=O)N[C@H](C=O)CC(=O)O.CCCc1ccc(-c2ccc(C(=O)N[C@H](C(=O)N3CCC[C@H]3C(=O)N[C@H](C=O)CC(=O)O)C(C)C)cc2)cc1. The summed E-state index contributed by atoms with van der Waals surface area (Å²) in [5.41, 5.74) is 5.62. The first-order chi connectivity index (χ1) is 37.8. The fourth-order valence-corrected chi connectivity index (χ4v) is 9.68. The zero-order valence-electron chi connectivity index (χ0n) is 44.9. The molecule has 5 aromatic rings. The number of fused-ring (bicyclic) bond motifs is 1. The molecule has 1 aromatic heterocycles. The van der Waals surface area contributed by atoms with E-state index in [1.807, 2.05) is 56.3 Å². The Balaban J connectivity index is 0.000000255.